The lowest BCUT2D eigenvalue weighted by Crippen LogP contribution is -2.27. The number of hydrogen-bond donors (Lipinski definition) is 2. The molecule has 0 saturated heterocycles. The summed E-state index contributed by atoms with van der Waals surface area (Å²) in [5, 5.41) is 21.2. The van der Waals surface area contributed by atoms with Crippen molar-refractivity contribution in [3.8, 4) is 11.8 Å². The lowest BCUT2D eigenvalue weighted by atomic mass is 9.87. The van der Waals surface area contributed by atoms with Crippen LogP contribution in [0.3, 0.4) is 0 Å². The van der Waals surface area contributed by atoms with Gasteiger partial charge in [-0.2, -0.15) is 5.26 Å². The Balaban J connectivity index is 1.86. The first kappa shape index (κ1) is 16.1. The summed E-state index contributed by atoms with van der Waals surface area (Å²) >= 11 is 0. The van der Waals surface area contributed by atoms with Crippen LogP contribution in [0.15, 0.2) is 29.8 Å². The number of carbonyl (C=O) groups excluding carboxylic acids is 1. The van der Waals surface area contributed by atoms with Gasteiger partial charge in [-0.1, -0.05) is 44.2 Å². The maximum atomic E-state index is 12.0. The predicted octanol–water partition coefficient (Wildman–Crippen LogP) is 3.39. The van der Waals surface area contributed by atoms with Crippen LogP contribution in [-0.2, 0) is 4.79 Å². The highest BCUT2D eigenvalue weighted by molar-refractivity contribution is 6.01. The standard InChI is InChI=1S/C18H22N2O2/c19-13-16(12-15-6-8-17(21)9-7-15)18(22)20-11-10-14-4-2-1-3-5-14/h6-9,12,14,21H,1-5,10-11H2,(H,20,22)/b16-12+. The molecule has 116 valence electrons. The fourth-order valence-corrected chi connectivity index (χ4v) is 2.85. The molecule has 0 bridgehead atoms. The highest BCUT2D eigenvalue weighted by Crippen LogP contribution is 2.25. The molecule has 0 unspecified atom stereocenters. The number of benzene rings is 1. The number of aromatic hydroxyl groups is 1. The molecule has 1 aliphatic rings. The molecule has 1 aromatic rings. The van der Waals surface area contributed by atoms with E-state index in [9.17, 15) is 9.90 Å². The number of rotatable bonds is 5. The highest BCUT2D eigenvalue weighted by Gasteiger charge is 2.14. The Morgan fingerprint density at radius 3 is 2.59 bits per heavy atom. The monoisotopic (exact) mass is 298 g/mol. The minimum atomic E-state index is -0.327. The molecule has 0 spiro atoms. The second-order valence-corrected chi connectivity index (χ2v) is 5.81. The number of phenols is 1. The quantitative estimate of drug-likeness (QED) is 0.646. The van der Waals surface area contributed by atoms with Crippen molar-refractivity contribution in [2.75, 3.05) is 6.54 Å². The van der Waals surface area contributed by atoms with Gasteiger partial charge in [-0.15, -0.1) is 0 Å². The van der Waals surface area contributed by atoms with E-state index in [-0.39, 0.29) is 17.2 Å². The average molecular weight is 298 g/mol. The molecule has 1 aliphatic carbocycles. The molecule has 0 radical (unpaired) electrons. The first-order valence-corrected chi connectivity index (χ1v) is 7.88. The van der Waals surface area contributed by atoms with Crippen LogP contribution >= 0.6 is 0 Å². The van der Waals surface area contributed by atoms with Gasteiger partial charge in [-0.25, -0.2) is 0 Å². The van der Waals surface area contributed by atoms with Crippen LogP contribution in [0, 0.1) is 17.2 Å². The normalized spacial score (nSPS) is 16.0. The van der Waals surface area contributed by atoms with Crippen molar-refractivity contribution in [2.24, 2.45) is 5.92 Å². The van der Waals surface area contributed by atoms with Gasteiger partial charge in [-0.3, -0.25) is 4.79 Å². The fraction of sp³-hybridized carbons (Fsp3) is 0.444. The first-order valence-electron chi connectivity index (χ1n) is 7.88. The van der Waals surface area contributed by atoms with Crippen molar-refractivity contribution in [2.45, 2.75) is 38.5 Å². The van der Waals surface area contributed by atoms with Crippen molar-refractivity contribution >= 4 is 12.0 Å². The Kier molecular flexibility index (Phi) is 6.02. The van der Waals surface area contributed by atoms with Crippen LogP contribution in [0.4, 0.5) is 0 Å². The van der Waals surface area contributed by atoms with Gasteiger partial charge >= 0.3 is 0 Å². The van der Waals surface area contributed by atoms with Crippen LogP contribution < -0.4 is 5.32 Å². The third-order valence-electron chi connectivity index (χ3n) is 4.13. The van der Waals surface area contributed by atoms with E-state index in [1.807, 2.05) is 6.07 Å². The van der Waals surface area contributed by atoms with E-state index in [0.717, 1.165) is 12.0 Å². The molecule has 0 aromatic heterocycles. The van der Waals surface area contributed by atoms with Crippen molar-refractivity contribution in [1.29, 1.82) is 5.26 Å². The van der Waals surface area contributed by atoms with E-state index in [1.165, 1.54) is 50.3 Å². The van der Waals surface area contributed by atoms with Crippen LogP contribution in [0.2, 0.25) is 0 Å². The van der Waals surface area contributed by atoms with E-state index >= 15 is 0 Å². The van der Waals surface area contributed by atoms with E-state index in [0.29, 0.717) is 12.5 Å². The number of nitrogens with zero attached hydrogens (tertiary/aromatic N) is 1. The zero-order valence-electron chi connectivity index (χ0n) is 12.7. The Bertz CT molecular complexity index is 564. The summed E-state index contributed by atoms with van der Waals surface area (Å²) in [6.45, 7) is 0.623. The number of phenolic OH excluding ortho intramolecular Hbond substituents is 1. The van der Waals surface area contributed by atoms with Crippen molar-refractivity contribution in [1.82, 2.24) is 5.32 Å². The molecule has 0 aliphatic heterocycles. The number of nitriles is 1. The number of hydrogen-bond acceptors (Lipinski definition) is 3. The molecule has 0 atom stereocenters. The van der Waals surface area contributed by atoms with Crippen LogP contribution in [0.5, 0.6) is 5.75 Å². The van der Waals surface area contributed by atoms with Gasteiger partial charge in [0, 0.05) is 6.54 Å². The highest BCUT2D eigenvalue weighted by atomic mass is 16.3. The Hall–Kier alpha value is -2.28. The molecule has 1 saturated carbocycles. The minimum absolute atomic E-state index is 0.0920. The van der Waals surface area contributed by atoms with Gasteiger partial charge in [0.1, 0.15) is 17.4 Å². The maximum Gasteiger partial charge on any atom is 0.261 e. The maximum absolute atomic E-state index is 12.0. The van der Waals surface area contributed by atoms with Gasteiger partial charge in [0.25, 0.3) is 5.91 Å². The molecular weight excluding hydrogens is 276 g/mol. The summed E-state index contributed by atoms with van der Waals surface area (Å²) in [7, 11) is 0. The van der Waals surface area contributed by atoms with Crippen LogP contribution in [0.25, 0.3) is 6.08 Å². The van der Waals surface area contributed by atoms with Gasteiger partial charge in [0.15, 0.2) is 0 Å². The Morgan fingerprint density at radius 2 is 1.95 bits per heavy atom. The first-order chi connectivity index (χ1) is 10.7. The largest absolute Gasteiger partial charge is 0.508 e. The summed E-state index contributed by atoms with van der Waals surface area (Å²) in [5.41, 5.74) is 0.811. The van der Waals surface area contributed by atoms with E-state index in [1.54, 1.807) is 12.1 Å². The van der Waals surface area contributed by atoms with Gasteiger partial charge < -0.3 is 10.4 Å². The molecule has 4 nitrogen and oxygen atoms in total. The SMILES string of the molecule is N#C/C(=C\c1ccc(O)cc1)C(=O)NCCC1CCCCC1. The molecule has 0 heterocycles. The smallest absolute Gasteiger partial charge is 0.261 e. The average Bonchev–Trinajstić information content (AvgIpc) is 2.55. The third kappa shape index (κ3) is 4.92. The second-order valence-electron chi connectivity index (χ2n) is 5.81. The van der Waals surface area contributed by atoms with Crippen molar-refractivity contribution in [3.63, 3.8) is 0 Å². The Labute approximate surface area is 131 Å². The molecule has 1 aromatic carbocycles. The summed E-state index contributed by atoms with van der Waals surface area (Å²) < 4.78 is 0. The molecule has 1 fully saturated rings. The predicted molar refractivity (Wildman–Crippen MR) is 85.9 cm³/mol. The molecular formula is C18H22N2O2. The molecule has 4 heteroatoms. The summed E-state index contributed by atoms with van der Waals surface area (Å²) in [4.78, 5) is 12.0. The van der Waals surface area contributed by atoms with Gasteiger partial charge in [-0.05, 0) is 36.1 Å². The number of carbonyl (C=O) groups is 1. The van der Waals surface area contributed by atoms with Crippen molar-refractivity contribution in [3.05, 3.63) is 35.4 Å². The number of nitrogens with one attached hydrogen (secondary N) is 1. The molecule has 2 N–H and O–H groups in total. The lowest BCUT2D eigenvalue weighted by Gasteiger charge is -2.21. The minimum Gasteiger partial charge on any atom is -0.508 e. The Morgan fingerprint density at radius 1 is 1.27 bits per heavy atom. The fourth-order valence-electron chi connectivity index (χ4n) is 2.85. The topological polar surface area (TPSA) is 73.1 Å². The van der Waals surface area contributed by atoms with Crippen LogP contribution in [-0.4, -0.2) is 17.6 Å². The second kappa shape index (κ2) is 8.23. The zero-order chi connectivity index (χ0) is 15.8. The molecule has 1 amide bonds. The summed E-state index contributed by atoms with van der Waals surface area (Å²) in [5.74, 6) is 0.541. The van der Waals surface area contributed by atoms with Gasteiger partial charge in [0.2, 0.25) is 0 Å². The van der Waals surface area contributed by atoms with Crippen molar-refractivity contribution < 1.29 is 9.90 Å². The molecule has 2 rings (SSSR count). The third-order valence-corrected chi connectivity index (χ3v) is 4.13. The summed E-state index contributed by atoms with van der Waals surface area (Å²) in [6.07, 6.45) is 8.95. The van der Waals surface area contributed by atoms with E-state index < -0.39 is 0 Å². The van der Waals surface area contributed by atoms with E-state index in [4.69, 9.17) is 5.26 Å². The zero-order valence-corrected chi connectivity index (χ0v) is 12.7. The summed E-state index contributed by atoms with van der Waals surface area (Å²) in [6, 6.07) is 8.34. The van der Waals surface area contributed by atoms with Gasteiger partial charge in [0.05, 0.1) is 0 Å². The molecule has 22 heavy (non-hydrogen) atoms. The number of amides is 1. The lowest BCUT2D eigenvalue weighted by molar-refractivity contribution is -0.117. The van der Waals surface area contributed by atoms with E-state index in [2.05, 4.69) is 5.32 Å². The van der Waals surface area contributed by atoms with Crippen LogP contribution in [0.1, 0.15) is 44.1 Å².